The van der Waals surface area contributed by atoms with Crippen molar-refractivity contribution in [2.75, 3.05) is 6.61 Å². The molecule has 0 N–H and O–H groups in total. The van der Waals surface area contributed by atoms with Crippen LogP contribution in [-0.2, 0) is 11.8 Å². The predicted molar refractivity (Wildman–Crippen MR) is 81.2 cm³/mol. The zero-order valence-electron chi connectivity index (χ0n) is 12.1. The van der Waals surface area contributed by atoms with Crippen molar-refractivity contribution in [1.82, 2.24) is 4.57 Å². The molecule has 22 heavy (non-hydrogen) atoms. The number of carbonyl (C=O) groups is 1. The molecule has 112 valence electrons. The molecule has 0 unspecified atom stereocenters. The zero-order chi connectivity index (χ0) is 15.9. The first kappa shape index (κ1) is 14.1. The number of rotatable bonds is 2. The van der Waals surface area contributed by atoms with Crippen LogP contribution in [0.15, 0.2) is 44.3 Å². The highest BCUT2D eigenvalue weighted by Crippen LogP contribution is 2.21. The summed E-state index contributed by atoms with van der Waals surface area (Å²) >= 11 is 0. The molecule has 3 aromatic rings. The van der Waals surface area contributed by atoms with Crippen LogP contribution in [0, 0.1) is 0 Å². The van der Waals surface area contributed by atoms with Crippen molar-refractivity contribution in [3.63, 3.8) is 0 Å². The van der Waals surface area contributed by atoms with Gasteiger partial charge < -0.3 is 13.7 Å². The van der Waals surface area contributed by atoms with Crippen LogP contribution >= 0.6 is 0 Å². The van der Waals surface area contributed by atoms with E-state index in [0.717, 1.165) is 0 Å². The second-order valence-electron chi connectivity index (χ2n) is 4.79. The molecule has 1 aromatic carbocycles. The van der Waals surface area contributed by atoms with E-state index in [-0.39, 0.29) is 17.6 Å². The number of para-hydroxylation sites is 1. The normalized spacial score (nSPS) is 11.0. The Bertz CT molecular complexity index is 1010. The van der Waals surface area contributed by atoms with Crippen LogP contribution in [0.1, 0.15) is 17.3 Å². The minimum atomic E-state index is -0.752. The second-order valence-corrected chi connectivity index (χ2v) is 4.79. The van der Waals surface area contributed by atoms with Gasteiger partial charge in [-0.05, 0) is 25.1 Å². The van der Waals surface area contributed by atoms with Gasteiger partial charge in [-0.1, -0.05) is 12.1 Å². The number of carbonyl (C=O) groups excluding carboxylic acids is 1. The molecule has 6 heteroatoms. The SMILES string of the molecule is CCOC(=O)c1cc2c(=O)oc3ccccc3c2n(C)c1=O. The molecule has 0 saturated carbocycles. The fourth-order valence-corrected chi connectivity index (χ4v) is 2.48. The van der Waals surface area contributed by atoms with Gasteiger partial charge in [0.1, 0.15) is 11.1 Å². The van der Waals surface area contributed by atoms with E-state index in [1.165, 1.54) is 17.7 Å². The number of ether oxygens (including phenoxy) is 1. The van der Waals surface area contributed by atoms with E-state index in [2.05, 4.69) is 0 Å². The molecule has 0 aliphatic rings. The lowest BCUT2D eigenvalue weighted by Crippen LogP contribution is -2.27. The first-order chi connectivity index (χ1) is 10.5. The van der Waals surface area contributed by atoms with Crippen molar-refractivity contribution in [1.29, 1.82) is 0 Å². The number of pyridine rings is 1. The molecule has 2 aromatic heterocycles. The largest absolute Gasteiger partial charge is 0.462 e. The van der Waals surface area contributed by atoms with Crippen molar-refractivity contribution >= 4 is 27.8 Å². The predicted octanol–water partition coefficient (Wildman–Crippen LogP) is 1.82. The van der Waals surface area contributed by atoms with Gasteiger partial charge in [0, 0.05) is 12.4 Å². The van der Waals surface area contributed by atoms with Crippen molar-refractivity contribution in [2.24, 2.45) is 7.05 Å². The summed E-state index contributed by atoms with van der Waals surface area (Å²) in [6, 6.07) is 8.17. The molecule has 0 amide bonds. The molecular formula is C16H13NO5. The maximum Gasteiger partial charge on any atom is 0.345 e. The van der Waals surface area contributed by atoms with Gasteiger partial charge in [-0.2, -0.15) is 0 Å². The van der Waals surface area contributed by atoms with Gasteiger partial charge >= 0.3 is 11.6 Å². The molecule has 0 fully saturated rings. The monoisotopic (exact) mass is 299 g/mol. The Balaban J connectivity index is 2.49. The molecule has 0 saturated heterocycles. The fraction of sp³-hybridized carbons (Fsp3) is 0.188. The number of hydrogen-bond donors (Lipinski definition) is 0. The van der Waals surface area contributed by atoms with Crippen LogP contribution in [0.4, 0.5) is 0 Å². The maximum absolute atomic E-state index is 12.4. The summed E-state index contributed by atoms with van der Waals surface area (Å²) in [5.74, 6) is -0.752. The highest BCUT2D eigenvalue weighted by Gasteiger charge is 2.19. The number of nitrogens with zero attached hydrogens (tertiary/aromatic N) is 1. The Morgan fingerprint density at radius 2 is 1.95 bits per heavy atom. The van der Waals surface area contributed by atoms with E-state index in [1.54, 1.807) is 31.2 Å². The summed E-state index contributed by atoms with van der Waals surface area (Å²) in [5, 5.41) is 0.802. The van der Waals surface area contributed by atoms with E-state index in [4.69, 9.17) is 9.15 Å². The Hall–Kier alpha value is -2.89. The Morgan fingerprint density at radius 3 is 2.68 bits per heavy atom. The number of fused-ring (bicyclic) bond motifs is 3. The number of benzene rings is 1. The molecular weight excluding hydrogens is 286 g/mol. The summed E-state index contributed by atoms with van der Waals surface area (Å²) in [7, 11) is 1.51. The highest BCUT2D eigenvalue weighted by molar-refractivity contribution is 6.04. The molecule has 0 radical (unpaired) electrons. The average molecular weight is 299 g/mol. The first-order valence-corrected chi connectivity index (χ1v) is 6.77. The van der Waals surface area contributed by atoms with E-state index < -0.39 is 17.2 Å². The number of esters is 1. The molecule has 0 aliphatic heterocycles. The first-order valence-electron chi connectivity index (χ1n) is 6.77. The minimum absolute atomic E-state index is 0.145. The van der Waals surface area contributed by atoms with E-state index >= 15 is 0 Å². The quantitative estimate of drug-likeness (QED) is 0.410. The van der Waals surface area contributed by atoms with Crippen LogP contribution < -0.4 is 11.2 Å². The molecule has 0 spiro atoms. The minimum Gasteiger partial charge on any atom is -0.462 e. The second kappa shape index (κ2) is 5.14. The third-order valence-corrected chi connectivity index (χ3v) is 3.47. The Kier molecular flexibility index (Phi) is 3.29. The third-order valence-electron chi connectivity index (χ3n) is 3.47. The summed E-state index contributed by atoms with van der Waals surface area (Å²) in [6.45, 7) is 1.79. The standard InChI is InChI=1S/C16H13NO5/c1-3-21-15(19)11-8-10-13(17(2)14(11)18)9-6-4-5-7-12(9)22-16(10)20/h4-8H,3H2,1-2H3. The summed E-state index contributed by atoms with van der Waals surface area (Å²) < 4.78 is 11.4. The Morgan fingerprint density at radius 1 is 1.23 bits per heavy atom. The van der Waals surface area contributed by atoms with Crippen LogP contribution in [0.3, 0.4) is 0 Å². The van der Waals surface area contributed by atoms with Crippen molar-refractivity contribution in [2.45, 2.75) is 6.92 Å². The Labute approximate surface area is 124 Å². The van der Waals surface area contributed by atoms with Crippen LogP contribution in [-0.4, -0.2) is 17.1 Å². The molecule has 0 atom stereocenters. The van der Waals surface area contributed by atoms with Gasteiger partial charge in [-0.25, -0.2) is 9.59 Å². The molecule has 3 rings (SSSR count). The third kappa shape index (κ3) is 2.00. The maximum atomic E-state index is 12.4. The summed E-state index contributed by atoms with van der Waals surface area (Å²) in [5.41, 5.74) is -0.472. The molecule has 6 nitrogen and oxygen atoms in total. The van der Waals surface area contributed by atoms with Crippen molar-refractivity contribution < 1.29 is 13.9 Å². The lowest BCUT2D eigenvalue weighted by atomic mass is 10.1. The topological polar surface area (TPSA) is 78.5 Å². The van der Waals surface area contributed by atoms with Gasteiger partial charge in [0.2, 0.25) is 0 Å². The van der Waals surface area contributed by atoms with Gasteiger partial charge in [-0.3, -0.25) is 4.79 Å². The molecule has 0 aliphatic carbocycles. The van der Waals surface area contributed by atoms with Crippen LogP contribution in [0.5, 0.6) is 0 Å². The number of aryl methyl sites for hydroxylation is 1. The van der Waals surface area contributed by atoms with E-state index in [1.807, 2.05) is 0 Å². The van der Waals surface area contributed by atoms with E-state index in [9.17, 15) is 14.4 Å². The summed E-state index contributed by atoms with van der Waals surface area (Å²) in [6.07, 6.45) is 0. The molecule has 0 bridgehead atoms. The van der Waals surface area contributed by atoms with Crippen molar-refractivity contribution in [3.05, 3.63) is 56.7 Å². The van der Waals surface area contributed by atoms with E-state index in [0.29, 0.717) is 16.5 Å². The van der Waals surface area contributed by atoms with Crippen LogP contribution in [0.25, 0.3) is 21.9 Å². The van der Waals surface area contributed by atoms with Gasteiger partial charge in [-0.15, -0.1) is 0 Å². The number of aromatic nitrogens is 1. The highest BCUT2D eigenvalue weighted by atomic mass is 16.5. The van der Waals surface area contributed by atoms with Gasteiger partial charge in [0.15, 0.2) is 0 Å². The zero-order valence-corrected chi connectivity index (χ0v) is 12.1. The average Bonchev–Trinajstić information content (AvgIpc) is 2.50. The lowest BCUT2D eigenvalue weighted by Gasteiger charge is -2.09. The van der Waals surface area contributed by atoms with Crippen LogP contribution in [0.2, 0.25) is 0 Å². The van der Waals surface area contributed by atoms with Gasteiger partial charge in [0.05, 0.1) is 17.5 Å². The number of hydrogen-bond acceptors (Lipinski definition) is 5. The fourth-order valence-electron chi connectivity index (χ4n) is 2.48. The lowest BCUT2D eigenvalue weighted by molar-refractivity contribution is 0.0524. The summed E-state index contributed by atoms with van der Waals surface area (Å²) in [4.78, 5) is 36.4. The van der Waals surface area contributed by atoms with Gasteiger partial charge in [0.25, 0.3) is 5.56 Å². The smallest absolute Gasteiger partial charge is 0.345 e. The van der Waals surface area contributed by atoms with Crippen molar-refractivity contribution in [3.8, 4) is 0 Å². The molecule has 2 heterocycles.